The van der Waals surface area contributed by atoms with Crippen LogP contribution in [0.3, 0.4) is 0 Å². The third-order valence-electron chi connectivity index (χ3n) is 4.82. The van der Waals surface area contributed by atoms with Crippen molar-refractivity contribution in [1.29, 1.82) is 0 Å². The Bertz CT molecular complexity index is 1290. The highest BCUT2D eigenvalue weighted by atomic mass is 35.5. The largest absolute Gasteiger partial charge is 0.463 e. The zero-order chi connectivity index (χ0) is 26.6. The van der Waals surface area contributed by atoms with Crippen LogP contribution in [0.2, 0.25) is 10.0 Å². The summed E-state index contributed by atoms with van der Waals surface area (Å²) in [6, 6.07) is 20.7. The Balaban J connectivity index is 1.74. The summed E-state index contributed by atoms with van der Waals surface area (Å²) in [5.41, 5.74) is 1.31. The van der Waals surface area contributed by atoms with Crippen molar-refractivity contribution in [2.75, 3.05) is 17.7 Å². The van der Waals surface area contributed by atoms with Gasteiger partial charge in [0.2, 0.25) is 0 Å². The van der Waals surface area contributed by atoms with Crippen LogP contribution in [0.5, 0.6) is 0 Å². The van der Waals surface area contributed by atoms with E-state index < -0.39 is 11.8 Å². The number of hydrogen-bond acceptors (Lipinski definition) is 5. The van der Waals surface area contributed by atoms with Crippen molar-refractivity contribution in [3.05, 3.63) is 112 Å². The molecule has 2 N–H and O–H groups in total. The smallest absolute Gasteiger partial charge is 0.330 e. The highest BCUT2D eigenvalue weighted by molar-refractivity contribution is 7.99. The van der Waals surface area contributed by atoms with Crippen LogP contribution in [0.25, 0.3) is 6.08 Å². The van der Waals surface area contributed by atoms with Gasteiger partial charge >= 0.3 is 5.97 Å². The number of benzene rings is 3. The minimum Gasteiger partial charge on any atom is -0.463 e. The second-order valence-corrected chi connectivity index (χ2v) is 9.37. The molecule has 0 fully saturated rings. The fourth-order valence-electron chi connectivity index (χ4n) is 3.05. The third kappa shape index (κ3) is 8.82. The highest BCUT2D eigenvalue weighted by Crippen LogP contribution is 2.27. The Morgan fingerprint density at radius 1 is 0.919 bits per heavy atom. The van der Waals surface area contributed by atoms with Crippen molar-refractivity contribution >= 4 is 64.5 Å². The summed E-state index contributed by atoms with van der Waals surface area (Å²) in [5, 5.41) is 6.13. The monoisotopic (exact) mass is 554 g/mol. The van der Waals surface area contributed by atoms with E-state index in [1.807, 2.05) is 12.1 Å². The average Bonchev–Trinajstić information content (AvgIpc) is 2.89. The summed E-state index contributed by atoms with van der Waals surface area (Å²) in [5.74, 6) is -0.782. The fourth-order valence-corrected chi connectivity index (χ4v) is 4.27. The lowest BCUT2D eigenvalue weighted by molar-refractivity contribution is -0.137. The Kier molecular flexibility index (Phi) is 10.8. The number of anilines is 1. The van der Waals surface area contributed by atoms with Gasteiger partial charge in [-0.15, -0.1) is 11.8 Å². The van der Waals surface area contributed by atoms with E-state index in [9.17, 15) is 14.4 Å². The van der Waals surface area contributed by atoms with Gasteiger partial charge in [-0.3, -0.25) is 9.59 Å². The zero-order valence-electron chi connectivity index (χ0n) is 19.9. The molecule has 2 amide bonds. The molecule has 6 nitrogen and oxygen atoms in total. The molecule has 3 aromatic rings. The van der Waals surface area contributed by atoms with Gasteiger partial charge in [0, 0.05) is 43.6 Å². The van der Waals surface area contributed by atoms with Gasteiger partial charge in [0.25, 0.3) is 11.8 Å². The number of thioether (sulfide) groups is 1. The van der Waals surface area contributed by atoms with Crippen molar-refractivity contribution in [3.63, 3.8) is 0 Å². The Labute approximate surface area is 229 Å². The Morgan fingerprint density at radius 2 is 1.59 bits per heavy atom. The maximum Gasteiger partial charge on any atom is 0.330 e. The minimum atomic E-state index is -0.543. The number of rotatable bonds is 10. The lowest BCUT2D eigenvalue weighted by Gasteiger charge is -2.12. The van der Waals surface area contributed by atoms with E-state index in [0.29, 0.717) is 39.2 Å². The van der Waals surface area contributed by atoms with Crippen molar-refractivity contribution in [1.82, 2.24) is 5.32 Å². The van der Waals surface area contributed by atoms with Gasteiger partial charge in [0.05, 0.1) is 6.61 Å². The summed E-state index contributed by atoms with van der Waals surface area (Å²) in [6.07, 6.45) is 4.57. The number of amides is 2. The molecule has 37 heavy (non-hydrogen) atoms. The molecule has 0 radical (unpaired) electrons. The molecule has 0 aliphatic rings. The predicted molar refractivity (Wildman–Crippen MR) is 150 cm³/mol. The molecule has 3 aromatic carbocycles. The molecular formula is C28H24Cl2N2O4S. The van der Waals surface area contributed by atoms with Crippen LogP contribution in [0.1, 0.15) is 22.8 Å². The lowest BCUT2D eigenvalue weighted by atomic mass is 10.1. The second kappa shape index (κ2) is 14.3. The molecule has 9 heteroatoms. The molecular weight excluding hydrogens is 531 g/mol. The molecule has 0 heterocycles. The van der Waals surface area contributed by atoms with E-state index in [2.05, 4.69) is 10.6 Å². The van der Waals surface area contributed by atoms with Crippen LogP contribution in [0.15, 0.2) is 95.5 Å². The third-order valence-corrected chi connectivity index (χ3v) is 6.44. The number of nitrogens with one attached hydrogen (secondary N) is 2. The Hall–Kier alpha value is -3.52. The van der Waals surface area contributed by atoms with Crippen molar-refractivity contribution in [2.45, 2.75) is 11.8 Å². The first-order valence-corrected chi connectivity index (χ1v) is 13.0. The highest BCUT2D eigenvalue weighted by Gasteiger charge is 2.16. The van der Waals surface area contributed by atoms with Crippen LogP contribution >= 0.6 is 35.0 Å². The molecule has 0 saturated heterocycles. The van der Waals surface area contributed by atoms with Crippen LogP contribution in [-0.2, 0) is 14.3 Å². The van der Waals surface area contributed by atoms with Crippen molar-refractivity contribution in [2.24, 2.45) is 0 Å². The average molecular weight is 555 g/mol. The van der Waals surface area contributed by atoms with E-state index >= 15 is 0 Å². The van der Waals surface area contributed by atoms with Crippen LogP contribution < -0.4 is 10.6 Å². The number of carbonyl (C=O) groups excluding carboxylic acids is 3. The molecule has 3 rings (SSSR count). The molecule has 0 bridgehead atoms. The SMILES string of the molecule is CCOC(=O)/C=C/CSc1ccc(NC(=O)/C(=C/c2c(Cl)cccc2Cl)NC(=O)c2ccccc2)cc1. The lowest BCUT2D eigenvalue weighted by Crippen LogP contribution is -2.30. The maximum atomic E-state index is 13.2. The number of hydrogen-bond donors (Lipinski definition) is 2. The minimum absolute atomic E-state index is 0.0218. The summed E-state index contributed by atoms with van der Waals surface area (Å²) in [4.78, 5) is 38.3. The van der Waals surface area contributed by atoms with E-state index in [1.165, 1.54) is 23.9 Å². The van der Waals surface area contributed by atoms with Gasteiger partial charge in [-0.1, -0.05) is 53.5 Å². The van der Waals surface area contributed by atoms with Gasteiger partial charge in [-0.05, 0) is 61.5 Å². The molecule has 0 aromatic heterocycles. The number of halogens is 2. The van der Waals surface area contributed by atoms with E-state index in [-0.39, 0.29) is 11.7 Å². The molecule has 0 aliphatic carbocycles. The summed E-state index contributed by atoms with van der Waals surface area (Å²) >= 11 is 14.1. The van der Waals surface area contributed by atoms with Gasteiger partial charge in [0.1, 0.15) is 5.70 Å². The van der Waals surface area contributed by atoms with Gasteiger partial charge in [0.15, 0.2) is 0 Å². The maximum absolute atomic E-state index is 13.2. The van der Waals surface area contributed by atoms with Crippen LogP contribution in [-0.4, -0.2) is 30.1 Å². The molecule has 0 unspecified atom stereocenters. The van der Waals surface area contributed by atoms with Crippen molar-refractivity contribution < 1.29 is 19.1 Å². The summed E-state index contributed by atoms with van der Waals surface area (Å²) < 4.78 is 4.85. The normalized spacial score (nSPS) is 11.3. The standard InChI is InChI=1S/C28H24Cl2N2O4S/c1-2-36-26(33)12-7-17-37-21-15-13-20(14-16-21)31-28(35)25(18-22-23(29)10-6-11-24(22)30)32-27(34)19-8-4-3-5-9-19/h3-16,18H,2,17H2,1H3,(H,31,35)(H,32,34)/b12-7+,25-18-. The fraction of sp³-hybridized carbons (Fsp3) is 0.107. The van der Waals surface area contributed by atoms with E-state index in [1.54, 1.807) is 73.7 Å². The zero-order valence-corrected chi connectivity index (χ0v) is 22.2. The molecule has 0 spiro atoms. The summed E-state index contributed by atoms with van der Waals surface area (Å²) in [6.45, 7) is 2.09. The Morgan fingerprint density at radius 3 is 2.24 bits per heavy atom. The van der Waals surface area contributed by atoms with Crippen molar-refractivity contribution in [3.8, 4) is 0 Å². The molecule has 190 valence electrons. The number of carbonyl (C=O) groups is 3. The number of ether oxygens (including phenoxy) is 1. The number of esters is 1. The first-order chi connectivity index (χ1) is 17.9. The quantitative estimate of drug-likeness (QED) is 0.167. The molecule has 0 atom stereocenters. The second-order valence-electron chi connectivity index (χ2n) is 7.46. The molecule has 0 saturated carbocycles. The van der Waals surface area contributed by atoms with Crippen LogP contribution in [0, 0.1) is 0 Å². The summed E-state index contributed by atoms with van der Waals surface area (Å²) in [7, 11) is 0. The topological polar surface area (TPSA) is 84.5 Å². The molecule has 0 aliphatic heterocycles. The predicted octanol–water partition coefficient (Wildman–Crippen LogP) is 6.61. The van der Waals surface area contributed by atoms with E-state index in [4.69, 9.17) is 27.9 Å². The van der Waals surface area contributed by atoms with Gasteiger partial charge in [-0.25, -0.2) is 4.79 Å². The van der Waals surface area contributed by atoms with E-state index in [0.717, 1.165) is 4.90 Å². The van der Waals surface area contributed by atoms with Gasteiger partial charge in [-0.2, -0.15) is 0 Å². The first kappa shape index (κ1) is 28.1. The van der Waals surface area contributed by atoms with Crippen LogP contribution in [0.4, 0.5) is 5.69 Å². The first-order valence-electron chi connectivity index (χ1n) is 11.3. The van der Waals surface area contributed by atoms with Gasteiger partial charge < -0.3 is 15.4 Å².